The Labute approximate surface area is 158 Å². The van der Waals surface area contributed by atoms with Gasteiger partial charge in [-0.3, -0.25) is 4.79 Å². The molecular weight excluding hydrogens is 346 g/mol. The molecule has 0 fully saturated rings. The topological polar surface area (TPSA) is 88.7 Å². The molecule has 0 atom stereocenters. The molecule has 0 saturated carbocycles. The predicted molar refractivity (Wildman–Crippen MR) is 104 cm³/mol. The molecule has 7 nitrogen and oxygen atoms in total. The van der Waals surface area contributed by atoms with E-state index in [0.717, 1.165) is 6.42 Å². The monoisotopic (exact) mass is 369 g/mol. The summed E-state index contributed by atoms with van der Waals surface area (Å²) in [5.41, 5.74) is 1.59. The van der Waals surface area contributed by atoms with Gasteiger partial charge < -0.3 is 25.4 Å². The molecule has 0 aromatic heterocycles. The summed E-state index contributed by atoms with van der Waals surface area (Å²) in [6, 6.07) is 11.8. The van der Waals surface area contributed by atoms with Crippen LogP contribution in [0.2, 0.25) is 0 Å². The minimum absolute atomic E-state index is 0.0240. The lowest BCUT2D eigenvalue weighted by Gasteiger charge is -2.12. The smallest absolute Gasteiger partial charge is 0.319 e. The van der Waals surface area contributed by atoms with Crippen molar-refractivity contribution >= 4 is 23.3 Å². The fraction of sp³-hybridized carbons (Fsp3) is 0.300. The number of rotatable bonds is 4. The first-order valence-electron chi connectivity index (χ1n) is 8.90. The average molecular weight is 369 g/mol. The highest BCUT2D eigenvalue weighted by atomic mass is 16.5. The summed E-state index contributed by atoms with van der Waals surface area (Å²) in [5, 5.41) is 8.29. The molecule has 3 rings (SSSR count). The maximum atomic E-state index is 12.6. The van der Waals surface area contributed by atoms with Crippen LogP contribution >= 0.6 is 0 Å². The standard InChI is InChI=1S/C20H23N3O4/c1-13(2)21-20(25)23-15-6-3-5-14(11-15)19(24)22-16-7-8-17-18(12-16)27-10-4-9-26-17/h3,5-8,11-13H,4,9-10H2,1-2H3,(H,22,24)(H2,21,23,25). The van der Waals surface area contributed by atoms with E-state index in [1.54, 1.807) is 42.5 Å². The SMILES string of the molecule is CC(C)NC(=O)Nc1cccc(C(=O)Nc2ccc3c(c2)OCCCO3)c1. The van der Waals surface area contributed by atoms with Crippen molar-refractivity contribution in [3.05, 3.63) is 48.0 Å². The van der Waals surface area contributed by atoms with Crippen LogP contribution in [0, 0.1) is 0 Å². The molecule has 1 aliphatic heterocycles. The normalized spacial score (nSPS) is 12.9. The summed E-state index contributed by atoms with van der Waals surface area (Å²) in [4.78, 5) is 24.4. The summed E-state index contributed by atoms with van der Waals surface area (Å²) in [6.45, 7) is 4.94. The number of amides is 3. The van der Waals surface area contributed by atoms with Crippen LogP contribution < -0.4 is 25.4 Å². The molecule has 142 valence electrons. The Hall–Kier alpha value is -3.22. The summed E-state index contributed by atoms with van der Waals surface area (Å²) in [7, 11) is 0. The van der Waals surface area contributed by atoms with E-state index in [-0.39, 0.29) is 18.0 Å². The van der Waals surface area contributed by atoms with Crippen molar-refractivity contribution in [2.75, 3.05) is 23.8 Å². The molecule has 27 heavy (non-hydrogen) atoms. The first-order chi connectivity index (χ1) is 13.0. The van der Waals surface area contributed by atoms with Crippen LogP contribution in [0.5, 0.6) is 11.5 Å². The van der Waals surface area contributed by atoms with E-state index >= 15 is 0 Å². The van der Waals surface area contributed by atoms with E-state index in [9.17, 15) is 9.59 Å². The number of ether oxygens (including phenoxy) is 2. The van der Waals surface area contributed by atoms with Gasteiger partial charge in [0.15, 0.2) is 11.5 Å². The molecule has 0 bridgehead atoms. The Bertz CT molecular complexity index is 836. The third-order valence-electron chi connectivity index (χ3n) is 3.81. The molecule has 0 unspecified atom stereocenters. The van der Waals surface area contributed by atoms with E-state index in [1.165, 1.54) is 0 Å². The molecule has 0 aliphatic carbocycles. The molecule has 1 aliphatic rings. The molecule has 3 N–H and O–H groups in total. The highest BCUT2D eigenvalue weighted by Gasteiger charge is 2.13. The fourth-order valence-corrected chi connectivity index (χ4v) is 2.61. The van der Waals surface area contributed by atoms with Gasteiger partial charge in [-0.25, -0.2) is 4.79 Å². The van der Waals surface area contributed by atoms with Gasteiger partial charge >= 0.3 is 6.03 Å². The molecule has 1 heterocycles. The van der Waals surface area contributed by atoms with Gasteiger partial charge in [-0.15, -0.1) is 0 Å². The van der Waals surface area contributed by atoms with Gasteiger partial charge in [0.05, 0.1) is 13.2 Å². The number of carbonyl (C=O) groups is 2. The second-order valence-corrected chi connectivity index (χ2v) is 6.50. The Morgan fingerprint density at radius 3 is 2.44 bits per heavy atom. The number of nitrogens with one attached hydrogen (secondary N) is 3. The number of hydrogen-bond acceptors (Lipinski definition) is 4. The Balaban J connectivity index is 1.68. The van der Waals surface area contributed by atoms with Crippen LogP contribution in [0.4, 0.5) is 16.2 Å². The van der Waals surface area contributed by atoms with E-state index in [0.29, 0.717) is 41.7 Å². The van der Waals surface area contributed by atoms with Gasteiger partial charge in [0.2, 0.25) is 0 Å². The quantitative estimate of drug-likeness (QED) is 0.768. The van der Waals surface area contributed by atoms with Crippen molar-refractivity contribution < 1.29 is 19.1 Å². The van der Waals surface area contributed by atoms with Crippen molar-refractivity contribution in [3.8, 4) is 11.5 Å². The maximum absolute atomic E-state index is 12.6. The highest BCUT2D eigenvalue weighted by molar-refractivity contribution is 6.05. The van der Waals surface area contributed by atoms with Gasteiger partial charge in [0.25, 0.3) is 5.91 Å². The van der Waals surface area contributed by atoms with Crippen molar-refractivity contribution in [3.63, 3.8) is 0 Å². The van der Waals surface area contributed by atoms with E-state index < -0.39 is 0 Å². The zero-order chi connectivity index (χ0) is 19.2. The molecule has 3 amide bonds. The number of carbonyl (C=O) groups excluding carboxylic acids is 2. The van der Waals surface area contributed by atoms with Gasteiger partial charge in [-0.05, 0) is 44.2 Å². The number of fused-ring (bicyclic) bond motifs is 1. The molecule has 2 aromatic carbocycles. The largest absolute Gasteiger partial charge is 0.490 e. The third-order valence-corrected chi connectivity index (χ3v) is 3.81. The van der Waals surface area contributed by atoms with Gasteiger partial charge in [0.1, 0.15) is 0 Å². The Morgan fingerprint density at radius 1 is 0.926 bits per heavy atom. The summed E-state index contributed by atoms with van der Waals surface area (Å²) in [6.07, 6.45) is 0.820. The van der Waals surface area contributed by atoms with Crippen LogP contribution in [0.15, 0.2) is 42.5 Å². The predicted octanol–water partition coefficient (Wildman–Crippen LogP) is 3.63. The van der Waals surface area contributed by atoms with Crippen molar-refractivity contribution in [1.29, 1.82) is 0 Å². The molecule has 2 aromatic rings. The van der Waals surface area contributed by atoms with Gasteiger partial charge in [0, 0.05) is 35.5 Å². The van der Waals surface area contributed by atoms with Crippen LogP contribution in [0.25, 0.3) is 0 Å². The lowest BCUT2D eigenvalue weighted by atomic mass is 10.1. The van der Waals surface area contributed by atoms with Crippen LogP contribution in [0.3, 0.4) is 0 Å². The molecule has 7 heteroatoms. The number of urea groups is 1. The highest BCUT2D eigenvalue weighted by Crippen LogP contribution is 2.32. The zero-order valence-electron chi connectivity index (χ0n) is 15.4. The molecule has 0 spiro atoms. The summed E-state index contributed by atoms with van der Waals surface area (Å²) < 4.78 is 11.2. The first kappa shape index (κ1) is 18.6. The minimum Gasteiger partial charge on any atom is -0.490 e. The first-order valence-corrected chi connectivity index (χ1v) is 8.90. The number of benzene rings is 2. The van der Waals surface area contributed by atoms with E-state index in [1.807, 2.05) is 13.8 Å². The molecular formula is C20H23N3O4. The van der Waals surface area contributed by atoms with Crippen LogP contribution in [0.1, 0.15) is 30.6 Å². The zero-order valence-corrected chi connectivity index (χ0v) is 15.4. The Kier molecular flexibility index (Phi) is 5.80. The average Bonchev–Trinajstić information content (AvgIpc) is 2.86. The second kappa shape index (κ2) is 8.44. The van der Waals surface area contributed by atoms with Crippen molar-refractivity contribution in [2.45, 2.75) is 26.3 Å². The summed E-state index contributed by atoms with van der Waals surface area (Å²) in [5.74, 6) is 1.01. The minimum atomic E-state index is -0.314. The fourth-order valence-electron chi connectivity index (χ4n) is 2.61. The van der Waals surface area contributed by atoms with Crippen LogP contribution in [-0.2, 0) is 0 Å². The number of anilines is 2. The molecule has 0 saturated heterocycles. The summed E-state index contributed by atoms with van der Waals surface area (Å²) >= 11 is 0. The maximum Gasteiger partial charge on any atom is 0.319 e. The van der Waals surface area contributed by atoms with Gasteiger partial charge in [-0.1, -0.05) is 6.07 Å². The molecule has 0 radical (unpaired) electrons. The van der Waals surface area contributed by atoms with Crippen molar-refractivity contribution in [1.82, 2.24) is 5.32 Å². The van der Waals surface area contributed by atoms with E-state index in [2.05, 4.69) is 16.0 Å². The van der Waals surface area contributed by atoms with Gasteiger partial charge in [-0.2, -0.15) is 0 Å². The number of hydrogen-bond donors (Lipinski definition) is 3. The van der Waals surface area contributed by atoms with E-state index in [4.69, 9.17) is 9.47 Å². The lowest BCUT2D eigenvalue weighted by Crippen LogP contribution is -2.34. The van der Waals surface area contributed by atoms with Crippen molar-refractivity contribution in [2.24, 2.45) is 0 Å². The van der Waals surface area contributed by atoms with Crippen LogP contribution in [-0.4, -0.2) is 31.2 Å². The Morgan fingerprint density at radius 2 is 1.67 bits per heavy atom. The lowest BCUT2D eigenvalue weighted by molar-refractivity contribution is 0.102. The third kappa shape index (κ3) is 5.13. The second-order valence-electron chi connectivity index (χ2n) is 6.50.